The molecule has 1 heterocycles. The Labute approximate surface area is 98.0 Å². The highest BCUT2D eigenvalue weighted by atomic mass is 16.3. The molecule has 5 nitrogen and oxygen atoms in total. The summed E-state index contributed by atoms with van der Waals surface area (Å²) < 4.78 is 1.56. The minimum absolute atomic E-state index is 0.0239. The van der Waals surface area contributed by atoms with Crippen molar-refractivity contribution in [1.29, 1.82) is 0 Å². The molecule has 9 heteroatoms. The zero-order chi connectivity index (χ0) is 12.5. The van der Waals surface area contributed by atoms with Gasteiger partial charge in [0.25, 0.3) is 5.91 Å². The zero-order valence-corrected chi connectivity index (χ0v) is 10.1. The van der Waals surface area contributed by atoms with Crippen LogP contribution >= 0.6 is 0 Å². The van der Waals surface area contributed by atoms with E-state index in [0.29, 0.717) is 0 Å². The molecule has 0 aliphatic heterocycles. The maximum Gasteiger partial charge on any atom is 0.357 e. The van der Waals surface area contributed by atoms with Crippen LogP contribution in [-0.2, 0) is 11.3 Å². The second kappa shape index (κ2) is 4.65. The first kappa shape index (κ1) is 12.7. The minimum atomic E-state index is -0.342. The maximum atomic E-state index is 11.2. The lowest BCUT2D eigenvalue weighted by Gasteiger charge is -2.11. The number of hydrazine groups is 1. The summed E-state index contributed by atoms with van der Waals surface area (Å²) in [7, 11) is 7.61. The molecule has 1 aromatic rings. The Bertz CT molecular complexity index is 423. The number of nitrogens with one attached hydrogen (secondary N) is 1. The first-order valence-corrected chi connectivity index (χ1v) is 5.08. The van der Waals surface area contributed by atoms with Crippen LogP contribution in [0.25, 0.3) is 0 Å². The highest BCUT2D eigenvalue weighted by Crippen LogP contribution is 1.88. The number of carbonyl (C=O) groups excluding carboxylic acids is 1. The lowest BCUT2D eigenvalue weighted by atomic mass is 9.69. The second-order valence-electron chi connectivity index (χ2n) is 3.94. The van der Waals surface area contributed by atoms with Gasteiger partial charge in [-0.25, -0.2) is 5.84 Å². The number of nitrogens with zero attached hydrogens (tertiary/aromatic N) is 1. The molecule has 1 aromatic heterocycles. The van der Waals surface area contributed by atoms with Crippen LogP contribution in [0.15, 0.2) is 0 Å². The van der Waals surface area contributed by atoms with Gasteiger partial charge in [0.1, 0.15) is 21.3 Å². The quantitative estimate of drug-likeness (QED) is 0.151. The molecule has 0 unspecified atom stereocenters. The van der Waals surface area contributed by atoms with Crippen LogP contribution < -0.4 is 37.8 Å². The van der Waals surface area contributed by atoms with Crippen molar-refractivity contribution in [2.75, 3.05) is 0 Å². The Balaban J connectivity index is 3.34. The number of hydrogen-bond donors (Lipinski definition) is 3. The minimum Gasteiger partial charge on any atom is -0.460 e. The van der Waals surface area contributed by atoms with Gasteiger partial charge in [-0.3, -0.25) is 10.2 Å². The number of nitrogens with two attached hydrogens (primary N) is 1. The Hall–Kier alpha value is -1.36. The summed E-state index contributed by atoms with van der Waals surface area (Å²) in [4.78, 5) is 11.2. The molecule has 80 valence electrons. The Morgan fingerprint density at radius 3 is 2.31 bits per heavy atom. The van der Waals surface area contributed by atoms with Crippen LogP contribution in [0.1, 0.15) is 0 Å². The van der Waals surface area contributed by atoms with Crippen LogP contribution in [0.5, 0.6) is 5.88 Å². The Morgan fingerprint density at radius 2 is 1.81 bits per heavy atom. The Morgan fingerprint density at radius 1 is 1.25 bits per heavy atom. The average molecular weight is 215 g/mol. The smallest absolute Gasteiger partial charge is 0.357 e. The van der Waals surface area contributed by atoms with E-state index in [1.807, 2.05) is 31.4 Å². The van der Waals surface area contributed by atoms with Gasteiger partial charge in [0.05, 0.1) is 0 Å². The van der Waals surface area contributed by atoms with E-state index in [0.717, 1.165) is 22.0 Å². The largest absolute Gasteiger partial charge is 0.460 e. The standard InChI is InChI=1S/C7H13B4N3O2/c8-3-4(9)6(11)14(1-2(15)13-12)7(16)5(3)10/h1,8-12H2,(H,13,15)/p+1. The van der Waals surface area contributed by atoms with Crippen LogP contribution in [0.4, 0.5) is 0 Å². The maximum absolute atomic E-state index is 11.2. The predicted molar refractivity (Wildman–Crippen MR) is 73.3 cm³/mol. The SMILES string of the molecule is Bc1c(B)c(B)[n+](CC(=O)NN)c(O)c1B. The molecule has 4 N–H and O–H groups in total. The molecular formula is C7H14B4N3O2+. The van der Waals surface area contributed by atoms with Crippen molar-refractivity contribution in [3.05, 3.63) is 0 Å². The monoisotopic (exact) mass is 216 g/mol. The molecule has 1 amide bonds. The lowest BCUT2D eigenvalue weighted by molar-refractivity contribution is -0.671. The van der Waals surface area contributed by atoms with Crippen LogP contribution in [0.3, 0.4) is 0 Å². The molecule has 1 rings (SSSR count). The van der Waals surface area contributed by atoms with Crippen molar-refractivity contribution in [3.8, 4) is 5.88 Å². The van der Waals surface area contributed by atoms with Gasteiger partial charge in [-0.2, -0.15) is 4.57 Å². The van der Waals surface area contributed by atoms with Crippen LogP contribution in [-0.4, -0.2) is 42.4 Å². The van der Waals surface area contributed by atoms with Crippen molar-refractivity contribution in [2.24, 2.45) is 5.84 Å². The number of rotatable bonds is 2. The normalized spacial score (nSPS) is 10.1. The van der Waals surface area contributed by atoms with Gasteiger partial charge in [-0.15, -0.1) is 0 Å². The molecule has 0 spiro atoms. The van der Waals surface area contributed by atoms with Crippen molar-refractivity contribution in [1.82, 2.24) is 5.43 Å². The third-order valence-corrected chi connectivity index (χ3v) is 3.13. The molecule has 0 aromatic carbocycles. The molecule has 16 heavy (non-hydrogen) atoms. The van der Waals surface area contributed by atoms with Gasteiger partial charge in [0.15, 0.2) is 7.85 Å². The third kappa shape index (κ3) is 2.09. The van der Waals surface area contributed by atoms with Gasteiger partial charge in [0, 0.05) is 5.46 Å². The summed E-state index contributed by atoms with van der Waals surface area (Å²) in [6.45, 7) is 0.0239. The summed E-state index contributed by atoms with van der Waals surface area (Å²) in [5.74, 6) is 4.80. The van der Waals surface area contributed by atoms with Gasteiger partial charge in [0.2, 0.25) is 14.4 Å². The van der Waals surface area contributed by atoms with E-state index in [4.69, 9.17) is 5.84 Å². The number of aromatic hydroxyl groups is 1. The first-order valence-electron chi connectivity index (χ1n) is 5.08. The lowest BCUT2D eigenvalue weighted by Crippen LogP contribution is -2.66. The first-order chi connectivity index (χ1) is 7.40. The highest BCUT2D eigenvalue weighted by Gasteiger charge is 2.22. The van der Waals surface area contributed by atoms with E-state index < -0.39 is 0 Å². The number of pyridine rings is 1. The molecular weight excluding hydrogens is 201 g/mol. The van der Waals surface area contributed by atoms with Crippen molar-refractivity contribution in [3.63, 3.8) is 0 Å². The van der Waals surface area contributed by atoms with E-state index in [9.17, 15) is 9.90 Å². The molecule has 0 fully saturated rings. The Kier molecular flexibility index (Phi) is 3.70. The van der Waals surface area contributed by atoms with Crippen molar-refractivity contribution < 1.29 is 14.5 Å². The van der Waals surface area contributed by atoms with Crippen molar-refractivity contribution in [2.45, 2.75) is 6.54 Å². The van der Waals surface area contributed by atoms with Gasteiger partial charge in [-0.05, 0) is 5.46 Å². The molecule has 0 atom stereocenters. The fourth-order valence-corrected chi connectivity index (χ4v) is 1.67. The molecule has 0 bridgehead atoms. The summed E-state index contributed by atoms with van der Waals surface area (Å²) >= 11 is 0. The zero-order valence-electron chi connectivity index (χ0n) is 10.1. The van der Waals surface area contributed by atoms with E-state index in [2.05, 4.69) is 5.43 Å². The molecule has 0 radical (unpaired) electrons. The number of aromatic nitrogens is 1. The van der Waals surface area contributed by atoms with E-state index in [1.54, 1.807) is 4.57 Å². The number of hydrogen-bond acceptors (Lipinski definition) is 3. The fraction of sp³-hybridized carbons (Fsp3) is 0.143. The van der Waals surface area contributed by atoms with E-state index in [-0.39, 0.29) is 18.3 Å². The summed E-state index contributed by atoms with van der Waals surface area (Å²) in [5, 5.41) is 9.97. The van der Waals surface area contributed by atoms with Gasteiger partial charge >= 0.3 is 5.88 Å². The van der Waals surface area contributed by atoms with E-state index >= 15 is 0 Å². The molecule has 0 saturated heterocycles. The molecule has 0 saturated carbocycles. The highest BCUT2D eigenvalue weighted by molar-refractivity contribution is 6.61. The van der Waals surface area contributed by atoms with Gasteiger partial charge < -0.3 is 5.11 Å². The van der Waals surface area contributed by atoms with Crippen molar-refractivity contribution >= 4 is 59.3 Å². The predicted octanol–water partition coefficient (Wildman–Crippen LogP) is -8.30. The molecule has 0 aliphatic rings. The summed E-state index contributed by atoms with van der Waals surface area (Å²) in [6.07, 6.45) is 0. The topological polar surface area (TPSA) is 79.2 Å². The summed E-state index contributed by atoms with van der Waals surface area (Å²) in [5.41, 5.74) is 5.81. The van der Waals surface area contributed by atoms with Crippen LogP contribution in [0, 0.1) is 0 Å². The fourth-order valence-electron chi connectivity index (χ4n) is 1.67. The number of amides is 1. The van der Waals surface area contributed by atoms with Crippen LogP contribution in [0.2, 0.25) is 0 Å². The molecule has 0 aliphatic carbocycles. The second-order valence-corrected chi connectivity index (χ2v) is 3.94. The number of carbonyl (C=O) groups is 1. The average Bonchev–Trinajstić information content (AvgIpc) is 2.29. The summed E-state index contributed by atoms with van der Waals surface area (Å²) in [6, 6.07) is 0. The van der Waals surface area contributed by atoms with E-state index in [1.165, 1.54) is 0 Å². The third-order valence-electron chi connectivity index (χ3n) is 3.13. The van der Waals surface area contributed by atoms with Gasteiger partial charge in [-0.1, -0.05) is 5.46 Å².